The Morgan fingerprint density at radius 3 is 2.65 bits per heavy atom. The van der Waals surface area contributed by atoms with E-state index in [1.54, 1.807) is 23.5 Å². The summed E-state index contributed by atoms with van der Waals surface area (Å²) in [5, 5.41) is 0. The second-order valence-corrected chi connectivity index (χ2v) is 5.62. The third-order valence-corrected chi connectivity index (χ3v) is 4.18. The van der Waals surface area contributed by atoms with Crippen molar-refractivity contribution in [2.45, 2.75) is 26.3 Å². The molecule has 0 spiro atoms. The summed E-state index contributed by atoms with van der Waals surface area (Å²) in [4.78, 5) is 2.47. The number of hydrogen-bond donors (Lipinski definition) is 1. The lowest BCUT2D eigenvalue weighted by Crippen LogP contribution is -2.11. The van der Waals surface area contributed by atoms with Gasteiger partial charge in [0.15, 0.2) is 0 Å². The monoisotopic (exact) mass is 249 g/mol. The van der Waals surface area contributed by atoms with Gasteiger partial charge in [-0.3, -0.25) is 0 Å². The highest BCUT2D eigenvalue weighted by Crippen LogP contribution is 2.27. The smallest absolute Gasteiger partial charge is 0.123 e. The predicted octanol–water partition coefficient (Wildman–Crippen LogP) is 3.75. The predicted molar refractivity (Wildman–Crippen MR) is 70.8 cm³/mol. The maximum Gasteiger partial charge on any atom is 0.123 e. The van der Waals surface area contributed by atoms with Crippen molar-refractivity contribution < 1.29 is 4.39 Å². The first-order valence-electron chi connectivity index (χ1n) is 5.63. The fourth-order valence-electron chi connectivity index (χ4n) is 1.80. The zero-order chi connectivity index (χ0) is 12.4. The molecule has 0 bridgehead atoms. The maximum atomic E-state index is 13.1. The molecule has 2 aromatic rings. The minimum Gasteiger partial charge on any atom is -0.323 e. The molecule has 17 heavy (non-hydrogen) atoms. The molecule has 0 aliphatic carbocycles. The SMILES string of the molecule is Cc1cc(C(N)Cc2cccc(F)c2)sc1C. The average Bonchev–Trinajstić information content (AvgIpc) is 2.59. The topological polar surface area (TPSA) is 26.0 Å². The van der Waals surface area contributed by atoms with Crippen LogP contribution in [-0.2, 0) is 6.42 Å². The van der Waals surface area contributed by atoms with Crippen LogP contribution in [0.2, 0.25) is 0 Å². The molecule has 1 atom stereocenters. The highest BCUT2D eigenvalue weighted by Gasteiger charge is 2.11. The van der Waals surface area contributed by atoms with E-state index in [1.165, 1.54) is 21.4 Å². The Morgan fingerprint density at radius 2 is 2.06 bits per heavy atom. The number of benzene rings is 1. The molecule has 0 saturated carbocycles. The molecular weight excluding hydrogens is 233 g/mol. The summed E-state index contributed by atoms with van der Waals surface area (Å²) in [6, 6.07) is 8.72. The largest absolute Gasteiger partial charge is 0.323 e. The number of aryl methyl sites for hydroxylation is 2. The van der Waals surface area contributed by atoms with Crippen LogP contribution < -0.4 is 5.73 Å². The van der Waals surface area contributed by atoms with Gasteiger partial charge in [0.25, 0.3) is 0 Å². The highest BCUT2D eigenvalue weighted by atomic mass is 32.1. The van der Waals surface area contributed by atoms with Crippen LogP contribution in [0.1, 0.15) is 26.9 Å². The number of hydrogen-bond acceptors (Lipinski definition) is 2. The number of thiophene rings is 1. The Balaban J connectivity index is 2.14. The van der Waals surface area contributed by atoms with E-state index in [2.05, 4.69) is 19.9 Å². The average molecular weight is 249 g/mol. The molecule has 90 valence electrons. The van der Waals surface area contributed by atoms with Gasteiger partial charge in [0.1, 0.15) is 5.82 Å². The first-order valence-corrected chi connectivity index (χ1v) is 6.45. The van der Waals surface area contributed by atoms with Crippen LogP contribution in [0.4, 0.5) is 4.39 Å². The van der Waals surface area contributed by atoms with Crippen molar-refractivity contribution in [1.82, 2.24) is 0 Å². The van der Waals surface area contributed by atoms with Crippen molar-refractivity contribution in [3.63, 3.8) is 0 Å². The van der Waals surface area contributed by atoms with Crippen LogP contribution >= 0.6 is 11.3 Å². The normalized spacial score (nSPS) is 12.7. The van der Waals surface area contributed by atoms with E-state index in [1.807, 2.05) is 6.07 Å². The van der Waals surface area contributed by atoms with Gasteiger partial charge in [-0.1, -0.05) is 12.1 Å². The van der Waals surface area contributed by atoms with Crippen molar-refractivity contribution in [1.29, 1.82) is 0 Å². The van der Waals surface area contributed by atoms with Crippen molar-refractivity contribution in [2.24, 2.45) is 5.73 Å². The zero-order valence-corrected chi connectivity index (χ0v) is 10.9. The van der Waals surface area contributed by atoms with Crippen LogP contribution in [0.5, 0.6) is 0 Å². The van der Waals surface area contributed by atoms with Gasteiger partial charge in [-0.2, -0.15) is 0 Å². The molecule has 1 aromatic heterocycles. The molecule has 0 fully saturated rings. The fourth-order valence-corrected chi connectivity index (χ4v) is 2.85. The van der Waals surface area contributed by atoms with Gasteiger partial charge < -0.3 is 5.73 Å². The van der Waals surface area contributed by atoms with Crippen molar-refractivity contribution >= 4 is 11.3 Å². The lowest BCUT2D eigenvalue weighted by Gasteiger charge is -2.09. The quantitative estimate of drug-likeness (QED) is 0.881. The first kappa shape index (κ1) is 12.3. The summed E-state index contributed by atoms with van der Waals surface area (Å²) >= 11 is 1.73. The van der Waals surface area contributed by atoms with Crippen LogP contribution in [0, 0.1) is 19.7 Å². The first-order chi connectivity index (χ1) is 8.06. The Labute approximate surface area is 105 Å². The van der Waals surface area contributed by atoms with Crippen molar-refractivity contribution in [2.75, 3.05) is 0 Å². The van der Waals surface area contributed by atoms with E-state index in [0.717, 1.165) is 5.56 Å². The molecule has 0 radical (unpaired) electrons. The van der Waals surface area contributed by atoms with Crippen LogP contribution in [-0.4, -0.2) is 0 Å². The molecule has 1 unspecified atom stereocenters. The van der Waals surface area contributed by atoms with Crippen molar-refractivity contribution in [3.05, 3.63) is 57.0 Å². The molecule has 0 saturated heterocycles. The van der Waals surface area contributed by atoms with Gasteiger partial charge in [0.05, 0.1) is 0 Å². The van der Waals surface area contributed by atoms with Gasteiger partial charge in [0.2, 0.25) is 0 Å². The fraction of sp³-hybridized carbons (Fsp3) is 0.286. The summed E-state index contributed by atoms with van der Waals surface area (Å²) in [5.74, 6) is -0.201. The summed E-state index contributed by atoms with van der Waals surface area (Å²) in [5.41, 5.74) is 8.37. The zero-order valence-electron chi connectivity index (χ0n) is 10.0. The molecule has 3 heteroatoms. The molecule has 2 rings (SSSR count). The van der Waals surface area contributed by atoms with E-state index in [-0.39, 0.29) is 11.9 Å². The number of halogens is 1. The number of nitrogens with two attached hydrogens (primary N) is 1. The maximum absolute atomic E-state index is 13.1. The molecule has 0 aliphatic heterocycles. The molecule has 1 aromatic carbocycles. The lowest BCUT2D eigenvalue weighted by atomic mass is 10.0. The minimum absolute atomic E-state index is 0.0470. The van der Waals surface area contributed by atoms with Crippen LogP contribution in [0.25, 0.3) is 0 Å². The summed E-state index contributed by atoms with van der Waals surface area (Å²) in [7, 11) is 0. The Bertz CT molecular complexity index is 499. The highest BCUT2D eigenvalue weighted by molar-refractivity contribution is 7.12. The molecule has 1 heterocycles. The van der Waals surface area contributed by atoms with Gasteiger partial charge in [-0.05, 0) is 49.6 Å². The minimum atomic E-state index is -0.201. The molecular formula is C14H16FNS. The third kappa shape index (κ3) is 2.93. The van der Waals surface area contributed by atoms with E-state index in [4.69, 9.17) is 5.73 Å². The summed E-state index contributed by atoms with van der Waals surface area (Å²) in [6.07, 6.45) is 0.678. The Kier molecular flexibility index (Phi) is 3.60. The Hall–Kier alpha value is -1.19. The Morgan fingerprint density at radius 1 is 1.29 bits per heavy atom. The van der Waals surface area contributed by atoms with Gasteiger partial charge in [-0.25, -0.2) is 4.39 Å². The van der Waals surface area contributed by atoms with Gasteiger partial charge in [0, 0.05) is 15.8 Å². The second-order valence-electron chi connectivity index (χ2n) is 4.33. The molecule has 1 nitrogen and oxygen atoms in total. The molecule has 0 aliphatic rings. The van der Waals surface area contributed by atoms with Crippen LogP contribution in [0.15, 0.2) is 30.3 Å². The second kappa shape index (κ2) is 4.98. The number of rotatable bonds is 3. The van der Waals surface area contributed by atoms with E-state index in [9.17, 15) is 4.39 Å². The summed E-state index contributed by atoms with van der Waals surface area (Å²) in [6.45, 7) is 4.18. The summed E-state index contributed by atoms with van der Waals surface area (Å²) < 4.78 is 13.1. The molecule has 2 N–H and O–H groups in total. The van der Waals surface area contributed by atoms with E-state index >= 15 is 0 Å². The van der Waals surface area contributed by atoms with Crippen LogP contribution in [0.3, 0.4) is 0 Å². The third-order valence-electron chi connectivity index (χ3n) is 2.90. The standard InChI is InChI=1S/C14H16FNS/c1-9-6-14(17-10(9)2)13(16)8-11-4-3-5-12(15)7-11/h3-7,13H,8,16H2,1-2H3. The van der Waals surface area contributed by atoms with Crippen molar-refractivity contribution in [3.8, 4) is 0 Å². The van der Waals surface area contributed by atoms with Gasteiger partial charge in [-0.15, -0.1) is 11.3 Å². The van der Waals surface area contributed by atoms with Gasteiger partial charge >= 0.3 is 0 Å². The lowest BCUT2D eigenvalue weighted by molar-refractivity contribution is 0.622. The molecule has 0 amide bonds. The van der Waals surface area contributed by atoms with E-state index in [0.29, 0.717) is 6.42 Å². The van der Waals surface area contributed by atoms with E-state index < -0.39 is 0 Å².